The molecule has 0 aromatic heterocycles. The fourth-order valence-electron chi connectivity index (χ4n) is 2.07. The smallest absolute Gasteiger partial charge is 0.231 e. The third-order valence-electron chi connectivity index (χ3n) is 3.18. The van der Waals surface area contributed by atoms with Gasteiger partial charge in [0.1, 0.15) is 17.5 Å². The van der Waals surface area contributed by atoms with Gasteiger partial charge in [-0.25, -0.2) is 4.39 Å². The van der Waals surface area contributed by atoms with E-state index >= 15 is 0 Å². The molecule has 0 unspecified atom stereocenters. The highest BCUT2D eigenvalue weighted by atomic mass is 19.1. The van der Waals surface area contributed by atoms with Gasteiger partial charge in [0.25, 0.3) is 0 Å². The number of halogens is 1. The summed E-state index contributed by atoms with van der Waals surface area (Å²) in [4.78, 5) is 12.4. The van der Waals surface area contributed by atoms with E-state index < -0.39 is 5.78 Å². The molecule has 0 radical (unpaired) electrons. The van der Waals surface area contributed by atoms with Crippen LogP contribution < -0.4 is 9.47 Å². The Hall–Kier alpha value is -3.13. The first-order valence-corrected chi connectivity index (χ1v) is 6.49. The number of ether oxygens (including phenoxy) is 2. The van der Waals surface area contributed by atoms with Crippen LogP contribution in [-0.2, 0) is 0 Å². The standard InChI is InChI=1S/C17H10FNO3/c18-14-4-1-11(2-5-14)7-13(9-19)17(20)12-3-6-15-16(8-12)22-10-21-15/h1-8H,10H2/b13-7-. The Balaban J connectivity index is 1.92. The Labute approximate surface area is 126 Å². The molecule has 1 aliphatic heterocycles. The van der Waals surface area contributed by atoms with Gasteiger partial charge in [-0.15, -0.1) is 0 Å². The lowest BCUT2D eigenvalue weighted by Crippen LogP contribution is -2.02. The van der Waals surface area contributed by atoms with Crippen LogP contribution in [0.15, 0.2) is 48.0 Å². The van der Waals surface area contributed by atoms with E-state index in [2.05, 4.69) is 0 Å². The highest BCUT2D eigenvalue weighted by molar-refractivity contribution is 6.14. The molecule has 2 aromatic rings. The monoisotopic (exact) mass is 295 g/mol. The van der Waals surface area contributed by atoms with Crippen LogP contribution in [0.1, 0.15) is 15.9 Å². The van der Waals surface area contributed by atoms with Crippen LogP contribution in [-0.4, -0.2) is 12.6 Å². The summed E-state index contributed by atoms with van der Waals surface area (Å²) >= 11 is 0. The van der Waals surface area contributed by atoms with Gasteiger partial charge in [0.15, 0.2) is 11.5 Å². The molecule has 1 heterocycles. The van der Waals surface area contributed by atoms with Gasteiger partial charge in [0.05, 0.1) is 0 Å². The van der Waals surface area contributed by atoms with Crippen molar-refractivity contribution in [3.05, 3.63) is 65.0 Å². The van der Waals surface area contributed by atoms with Crippen LogP contribution in [0.4, 0.5) is 4.39 Å². The van der Waals surface area contributed by atoms with Crippen molar-refractivity contribution in [1.82, 2.24) is 0 Å². The molecule has 3 rings (SSSR count). The SMILES string of the molecule is N#C/C(=C/c1ccc(F)cc1)C(=O)c1ccc2c(c1)OCO2. The predicted octanol–water partition coefficient (Wildman–Crippen LogP) is 3.34. The number of allylic oxidation sites excluding steroid dienone is 1. The number of rotatable bonds is 3. The van der Waals surface area contributed by atoms with E-state index in [9.17, 15) is 14.4 Å². The number of benzene rings is 2. The average molecular weight is 295 g/mol. The van der Waals surface area contributed by atoms with Crippen molar-refractivity contribution in [2.75, 3.05) is 6.79 Å². The topological polar surface area (TPSA) is 59.3 Å². The Morgan fingerprint density at radius 3 is 2.59 bits per heavy atom. The van der Waals surface area contributed by atoms with Crippen molar-refractivity contribution in [1.29, 1.82) is 5.26 Å². The van der Waals surface area contributed by atoms with Gasteiger partial charge in [-0.3, -0.25) is 4.79 Å². The molecule has 0 bridgehead atoms. The van der Waals surface area contributed by atoms with Gasteiger partial charge in [-0.05, 0) is 42.0 Å². The quantitative estimate of drug-likeness (QED) is 0.495. The van der Waals surface area contributed by atoms with Gasteiger partial charge >= 0.3 is 0 Å². The number of nitrogens with zero attached hydrogens (tertiary/aromatic N) is 1. The molecule has 5 heteroatoms. The summed E-state index contributed by atoms with van der Waals surface area (Å²) in [6, 6.07) is 12.2. The highest BCUT2D eigenvalue weighted by Crippen LogP contribution is 2.33. The number of fused-ring (bicyclic) bond motifs is 1. The Bertz CT molecular complexity index is 804. The molecule has 0 atom stereocenters. The van der Waals surface area contributed by atoms with E-state index in [-0.39, 0.29) is 18.2 Å². The first kappa shape index (κ1) is 13.8. The van der Waals surface area contributed by atoms with E-state index in [0.717, 1.165) is 0 Å². The molecule has 0 fully saturated rings. The summed E-state index contributed by atoms with van der Waals surface area (Å²) in [5.41, 5.74) is 0.872. The van der Waals surface area contributed by atoms with E-state index in [1.807, 2.05) is 6.07 Å². The van der Waals surface area contributed by atoms with E-state index in [1.54, 1.807) is 18.2 Å². The maximum Gasteiger partial charge on any atom is 0.231 e. The summed E-state index contributed by atoms with van der Waals surface area (Å²) in [5, 5.41) is 9.20. The summed E-state index contributed by atoms with van der Waals surface area (Å²) in [6.07, 6.45) is 1.42. The molecule has 4 nitrogen and oxygen atoms in total. The molecular formula is C17H10FNO3. The Morgan fingerprint density at radius 2 is 1.86 bits per heavy atom. The summed E-state index contributed by atoms with van der Waals surface area (Å²) in [5.74, 6) is 0.241. The summed E-state index contributed by atoms with van der Waals surface area (Å²) < 4.78 is 23.3. The minimum Gasteiger partial charge on any atom is -0.454 e. The van der Waals surface area contributed by atoms with Crippen molar-refractivity contribution < 1.29 is 18.7 Å². The van der Waals surface area contributed by atoms with Crippen molar-refractivity contribution in [2.45, 2.75) is 0 Å². The molecule has 22 heavy (non-hydrogen) atoms. The Morgan fingerprint density at radius 1 is 1.14 bits per heavy atom. The number of hydrogen-bond acceptors (Lipinski definition) is 4. The van der Waals surface area contributed by atoms with Crippen LogP contribution in [0.25, 0.3) is 6.08 Å². The van der Waals surface area contributed by atoms with E-state index in [1.165, 1.54) is 30.3 Å². The molecule has 0 saturated heterocycles. The van der Waals surface area contributed by atoms with Gasteiger partial charge < -0.3 is 9.47 Å². The lowest BCUT2D eigenvalue weighted by molar-refractivity contribution is 0.103. The minimum atomic E-state index is -0.426. The lowest BCUT2D eigenvalue weighted by Gasteiger charge is -2.02. The number of carbonyl (C=O) groups excluding carboxylic acids is 1. The maximum absolute atomic E-state index is 12.9. The zero-order chi connectivity index (χ0) is 15.5. The molecule has 0 spiro atoms. The molecule has 1 aliphatic rings. The largest absolute Gasteiger partial charge is 0.454 e. The number of Topliss-reactive ketones (excluding diaryl/α,β-unsaturated/α-hetero) is 1. The van der Waals surface area contributed by atoms with Gasteiger partial charge in [0.2, 0.25) is 12.6 Å². The van der Waals surface area contributed by atoms with Crippen LogP contribution in [0, 0.1) is 17.1 Å². The van der Waals surface area contributed by atoms with E-state index in [0.29, 0.717) is 22.6 Å². The first-order valence-electron chi connectivity index (χ1n) is 6.49. The van der Waals surface area contributed by atoms with Crippen LogP contribution in [0.5, 0.6) is 11.5 Å². The molecule has 0 amide bonds. The first-order chi connectivity index (χ1) is 10.7. The third-order valence-corrected chi connectivity index (χ3v) is 3.18. The molecule has 0 aliphatic carbocycles. The van der Waals surface area contributed by atoms with Crippen molar-refractivity contribution in [2.24, 2.45) is 0 Å². The number of hydrogen-bond donors (Lipinski definition) is 0. The minimum absolute atomic E-state index is 0.0366. The van der Waals surface area contributed by atoms with Gasteiger partial charge in [-0.1, -0.05) is 12.1 Å². The Kier molecular flexibility index (Phi) is 3.58. The van der Waals surface area contributed by atoms with Crippen LogP contribution >= 0.6 is 0 Å². The molecule has 108 valence electrons. The zero-order valence-electron chi connectivity index (χ0n) is 11.4. The van der Waals surface area contributed by atoms with Crippen molar-refractivity contribution >= 4 is 11.9 Å². The normalized spacial score (nSPS) is 12.8. The number of nitriles is 1. The number of carbonyl (C=O) groups is 1. The number of ketones is 1. The van der Waals surface area contributed by atoms with Gasteiger partial charge in [0, 0.05) is 5.56 Å². The van der Waals surface area contributed by atoms with E-state index in [4.69, 9.17) is 9.47 Å². The fourth-order valence-corrected chi connectivity index (χ4v) is 2.07. The van der Waals surface area contributed by atoms with Crippen molar-refractivity contribution in [3.8, 4) is 17.6 Å². The molecule has 0 N–H and O–H groups in total. The second-order valence-electron chi connectivity index (χ2n) is 4.62. The average Bonchev–Trinajstić information content (AvgIpc) is 3.01. The highest BCUT2D eigenvalue weighted by Gasteiger charge is 2.18. The predicted molar refractivity (Wildman–Crippen MR) is 76.9 cm³/mol. The molecular weight excluding hydrogens is 285 g/mol. The van der Waals surface area contributed by atoms with Crippen LogP contribution in [0.2, 0.25) is 0 Å². The molecule has 0 saturated carbocycles. The second kappa shape index (κ2) is 5.70. The zero-order valence-corrected chi connectivity index (χ0v) is 11.4. The second-order valence-corrected chi connectivity index (χ2v) is 4.62. The summed E-state index contributed by atoms with van der Waals surface area (Å²) in [6.45, 7) is 0.115. The van der Waals surface area contributed by atoms with Crippen LogP contribution in [0.3, 0.4) is 0 Å². The van der Waals surface area contributed by atoms with Crippen molar-refractivity contribution in [3.63, 3.8) is 0 Å². The maximum atomic E-state index is 12.9. The lowest BCUT2D eigenvalue weighted by atomic mass is 10.0. The third kappa shape index (κ3) is 2.67. The fraction of sp³-hybridized carbons (Fsp3) is 0.0588. The molecule has 2 aromatic carbocycles. The summed E-state index contributed by atoms with van der Waals surface area (Å²) in [7, 11) is 0. The van der Waals surface area contributed by atoms with Gasteiger partial charge in [-0.2, -0.15) is 5.26 Å².